The Kier molecular flexibility index (Phi) is 4.32. The van der Waals surface area contributed by atoms with Gasteiger partial charge in [0, 0.05) is 17.0 Å². The summed E-state index contributed by atoms with van der Waals surface area (Å²) in [4.78, 5) is 17.7. The molecule has 3 aromatic carbocycles. The SMILES string of the molecule is C/C(=N\NC(=O)c1cc(C2CC2)nc2ccccc12)c1ccc2ccccc2c1. The number of aromatic nitrogens is 1. The predicted molar refractivity (Wildman–Crippen MR) is 117 cm³/mol. The van der Waals surface area contributed by atoms with Gasteiger partial charge in [-0.05, 0) is 54.3 Å². The van der Waals surface area contributed by atoms with Crippen molar-refractivity contribution < 1.29 is 4.79 Å². The summed E-state index contributed by atoms with van der Waals surface area (Å²) >= 11 is 0. The molecule has 1 N–H and O–H groups in total. The number of hydrazone groups is 1. The van der Waals surface area contributed by atoms with Gasteiger partial charge in [-0.1, -0.05) is 54.6 Å². The molecule has 0 aliphatic heterocycles. The Labute approximate surface area is 169 Å². The number of carbonyl (C=O) groups is 1. The molecular formula is C25H21N3O. The third-order valence-electron chi connectivity index (χ3n) is 5.47. The van der Waals surface area contributed by atoms with E-state index in [0.29, 0.717) is 11.5 Å². The molecular weight excluding hydrogens is 358 g/mol. The van der Waals surface area contributed by atoms with Gasteiger partial charge in [0.15, 0.2) is 0 Å². The van der Waals surface area contributed by atoms with Crippen LogP contribution in [-0.2, 0) is 0 Å². The normalized spacial score (nSPS) is 14.3. The molecule has 1 amide bonds. The molecule has 1 aliphatic rings. The molecule has 29 heavy (non-hydrogen) atoms. The molecule has 1 aromatic heterocycles. The Bertz CT molecular complexity index is 1270. The molecule has 0 atom stereocenters. The Morgan fingerprint density at radius 3 is 2.55 bits per heavy atom. The minimum Gasteiger partial charge on any atom is -0.267 e. The number of carbonyl (C=O) groups excluding carboxylic acids is 1. The summed E-state index contributed by atoms with van der Waals surface area (Å²) in [5.74, 6) is 0.277. The Morgan fingerprint density at radius 1 is 0.966 bits per heavy atom. The largest absolute Gasteiger partial charge is 0.272 e. The second-order valence-electron chi connectivity index (χ2n) is 7.59. The predicted octanol–water partition coefficient (Wildman–Crippen LogP) is 5.42. The number of rotatable bonds is 4. The van der Waals surface area contributed by atoms with Crippen molar-refractivity contribution in [3.05, 3.63) is 89.6 Å². The summed E-state index contributed by atoms with van der Waals surface area (Å²) in [5, 5.41) is 7.56. The van der Waals surface area contributed by atoms with E-state index in [2.05, 4.69) is 34.8 Å². The van der Waals surface area contributed by atoms with E-state index in [4.69, 9.17) is 4.98 Å². The minimum atomic E-state index is -0.203. The van der Waals surface area contributed by atoms with E-state index >= 15 is 0 Å². The fourth-order valence-corrected chi connectivity index (χ4v) is 3.65. The summed E-state index contributed by atoms with van der Waals surface area (Å²) < 4.78 is 0. The van der Waals surface area contributed by atoms with Gasteiger partial charge >= 0.3 is 0 Å². The first kappa shape index (κ1) is 17.6. The highest BCUT2D eigenvalue weighted by Gasteiger charge is 2.26. The third-order valence-corrected chi connectivity index (χ3v) is 5.47. The topological polar surface area (TPSA) is 54.4 Å². The van der Waals surface area contributed by atoms with Gasteiger partial charge in [0.2, 0.25) is 0 Å². The highest BCUT2D eigenvalue weighted by molar-refractivity contribution is 6.07. The summed E-state index contributed by atoms with van der Waals surface area (Å²) in [6.07, 6.45) is 2.29. The molecule has 0 bridgehead atoms. The number of nitrogens with zero attached hydrogens (tertiary/aromatic N) is 2. The monoisotopic (exact) mass is 379 g/mol. The van der Waals surface area contributed by atoms with E-state index in [1.807, 2.05) is 55.5 Å². The van der Waals surface area contributed by atoms with Crippen molar-refractivity contribution in [2.24, 2.45) is 5.10 Å². The van der Waals surface area contributed by atoms with Gasteiger partial charge in [-0.2, -0.15) is 5.10 Å². The molecule has 5 rings (SSSR count). The van der Waals surface area contributed by atoms with Crippen molar-refractivity contribution in [3.8, 4) is 0 Å². The second kappa shape index (κ2) is 7.13. The van der Waals surface area contributed by atoms with Crippen LogP contribution in [0.4, 0.5) is 0 Å². The van der Waals surface area contributed by atoms with Crippen molar-refractivity contribution >= 4 is 33.3 Å². The Hall–Kier alpha value is -3.53. The molecule has 1 heterocycles. The number of benzene rings is 3. The van der Waals surface area contributed by atoms with Gasteiger partial charge in [0.05, 0.1) is 16.8 Å². The average Bonchev–Trinajstić information content (AvgIpc) is 3.61. The maximum absolute atomic E-state index is 13.0. The average molecular weight is 379 g/mol. The van der Waals surface area contributed by atoms with Crippen LogP contribution >= 0.6 is 0 Å². The van der Waals surface area contributed by atoms with E-state index < -0.39 is 0 Å². The molecule has 142 valence electrons. The maximum Gasteiger partial charge on any atom is 0.272 e. The molecule has 0 unspecified atom stereocenters. The summed E-state index contributed by atoms with van der Waals surface area (Å²) in [5.41, 5.74) is 7.00. The van der Waals surface area contributed by atoms with Gasteiger partial charge in [0.25, 0.3) is 5.91 Å². The lowest BCUT2D eigenvalue weighted by Crippen LogP contribution is -2.20. The van der Waals surface area contributed by atoms with Gasteiger partial charge in [-0.15, -0.1) is 0 Å². The van der Waals surface area contributed by atoms with Crippen LogP contribution in [0.25, 0.3) is 21.7 Å². The first-order valence-electron chi connectivity index (χ1n) is 9.92. The second-order valence-corrected chi connectivity index (χ2v) is 7.59. The van der Waals surface area contributed by atoms with Crippen LogP contribution in [-0.4, -0.2) is 16.6 Å². The zero-order chi connectivity index (χ0) is 19.8. The molecule has 0 radical (unpaired) electrons. The van der Waals surface area contributed by atoms with Gasteiger partial charge in [-0.3, -0.25) is 9.78 Å². The van der Waals surface area contributed by atoms with Gasteiger partial charge in [0.1, 0.15) is 0 Å². The first-order valence-corrected chi connectivity index (χ1v) is 9.92. The van der Waals surface area contributed by atoms with E-state index in [1.165, 1.54) is 5.39 Å². The standard InChI is InChI=1S/C25H21N3O/c1-16(19-13-10-17-6-2-3-7-20(17)14-19)27-28-25(29)22-15-24(18-11-12-18)26-23-9-5-4-8-21(22)23/h2-10,13-15,18H,11-12H2,1H3,(H,28,29)/b27-16+. The third kappa shape index (κ3) is 3.49. The van der Waals surface area contributed by atoms with Crippen LogP contribution in [0.15, 0.2) is 77.9 Å². The minimum absolute atomic E-state index is 0.203. The fraction of sp³-hybridized carbons (Fsp3) is 0.160. The van der Waals surface area contributed by atoms with Crippen molar-refractivity contribution in [2.45, 2.75) is 25.7 Å². The van der Waals surface area contributed by atoms with Crippen LogP contribution in [0.3, 0.4) is 0 Å². The molecule has 4 heteroatoms. The number of amides is 1. The van der Waals surface area contributed by atoms with Crippen LogP contribution < -0.4 is 5.43 Å². The zero-order valence-electron chi connectivity index (χ0n) is 16.2. The summed E-state index contributed by atoms with van der Waals surface area (Å²) in [7, 11) is 0. The lowest BCUT2D eigenvalue weighted by Gasteiger charge is -2.09. The molecule has 4 nitrogen and oxygen atoms in total. The zero-order valence-corrected chi connectivity index (χ0v) is 16.2. The number of nitrogens with one attached hydrogen (secondary N) is 1. The Morgan fingerprint density at radius 2 is 1.72 bits per heavy atom. The lowest BCUT2D eigenvalue weighted by molar-refractivity contribution is 0.0956. The first-order chi connectivity index (χ1) is 14.2. The van der Waals surface area contributed by atoms with E-state index in [0.717, 1.165) is 46.1 Å². The molecule has 1 saturated carbocycles. The van der Waals surface area contributed by atoms with Crippen LogP contribution in [0.5, 0.6) is 0 Å². The molecule has 4 aromatic rings. The molecule has 1 fully saturated rings. The van der Waals surface area contributed by atoms with Crippen molar-refractivity contribution in [2.75, 3.05) is 0 Å². The van der Waals surface area contributed by atoms with Crippen LogP contribution in [0, 0.1) is 0 Å². The summed E-state index contributed by atoms with van der Waals surface area (Å²) in [6.45, 7) is 1.91. The van der Waals surface area contributed by atoms with Crippen molar-refractivity contribution in [3.63, 3.8) is 0 Å². The molecule has 0 saturated heterocycles. The molecule has 0 spiro atoms. The van der Waals surface area contributed by atoms with E-state index in [-0.39, 0.29) is 5.91 Å². The maximum atomic E-state index is 13.0. The number of hydrogen-bond donors (Lipinski definition) is 1. The van der Waals surface area contributed by atoms with E-state index in [1.54, 1.807) is 0 Å². The summed E-state index contributed by atoms with van der Waals surface area (Å²) in [6, 6.07) is 24.1. The van der Waals surface area contributed by atoms with Crippen molar-refractivity contribution in [1.82, 2.24) is 10.4 Å². The highest BCUT2D eigenvalue weighted by atomic mass is 16.2. The number of fused-ring (bicyclic) bond motifs is 2. The van der Waals surface area contributed by atoms with Gasteiger partial charge < -0.3 is 0 Å². The molecule has 1 aliphatic carbocycles. The van der Waals surface area contributed by atoms with E-state index in [9.17, 15) is 4.79 Å². The Balaban J connectivity index is 1.45. The number of para-hydroxylation sites is 1. The number of hydrogen-bond acceptors (Lipinski definition) is 3. The van der Waals surface area contributed by atoms with Gasteiger partial charge in [-0.25, -0.2) is 5.43 Å². The quantitative estimate of drug-likeness (QED) is 0.380. The smallest absolute Gasteiger partial charge is 0.267 e. The lowest BCUT2D eigenvalue weighted by atomic mass is 10.0. The van der Waals surface area contributed by atoms with Crippen LogP contribution in [0.1, 0.15) is 47.3 Å². The number of pyridine rings is 1. The fourth-order valence-electron chi connectivity index (χ4n) is 3.65. The highest BCUT2D eigenvalue weighted by Crippen LogP contribution is 2.40. The van der Waals surface area contributed by atoms with Crippen LogP contribution in [0.2, 0.25) is 0 Å². The van der Waals surface area contributed by atoms with Crippen molar-refractivity contribution in [1.29, 1.82) is 0 Å².